The van der Waals surface area contributed by atoms with E-state index in [2.05, 4.69) is 131 Å². The summed E-state index contributed by atoms with van der Waals surface area (Å²) < 4.78 is 0. The molecule has 0 bridgehead atoms. The quantitative estimate of drug-likeness (QED) is 0.208. The van der Waals surface area contributed by atoms with Gasteiger partial charge in [0.05, 0.1) is 5.69 Å². The summed E-state index contributed by atoms with van der Waals surface area (Å²) in [6.07, 6.45) is 3.12. The zero-order valence-electron chi connectivity index (χ0n) is 24.1. The van der Waals surface area contributed by atoms with Crippen LogP contribution in [0.5, 0.6) is 0 Å². The molecule has 7 aromatic rings. The van der Waals surface area contributed by atoms with Crippen LogP contribution < -0.4 is 0 Å². The minimum atomic E-state index is -0.108. The zero-order chi connectivity index (χ0) is 27.9. The lowest BCUT2D eigenvalue weighted by Crippen LogP contribution is -2.15. The second-order valence-corrected chi connectivity index (χ2v) is 12.8. The molecule has 0 spiro atoms. The lowest BCUT2D eigenvalue weighted by molar-refractivity contribution is 0.648. The topological polar surface area (TPSA) is 12.9 Å². The monoisotopic (exact) mass is 527 g/mol. The molecule has 0 N–H and O–H groups in total. The lowest BCUT2D eigenvalue weighted by Gasteiger charge is -2.23. The Morgan fingerprint density at radius 2 is 1.22 bits per heavy atom. The van der Waals surface area contributed by atoms with Gasteiger partial charge in [-0.1, -0.05) is 107 Å². The van der Waals surface area contributed by atoms with Crippen LogP contribution in [-0.4, -0.2) is 4.98 Å². The van der Waals surface area contributed by atoms with Crippen molar-refractivity contribution in [2.45, 2.75) is 39.5 Å². The van der Waals surface area contributed by atoms with Gasteiger partial charge in [-0.3, -0.25) is 4.98 Å². The molecule has 1 heterocycles. The van der Waals surface area contributed by atoms with E-state index < -0.39 is 0 Å². The summed E-state index contributed by atoms with van der Waals surface area (Å²) in [4.78, 5) is 4.90. The molecular formula is C40H33N. The number of hydrogen-bond acceptors (Lipinski definition) is 1. The van der Waals surface area contributed by atoms with E-state index in [0.29, 0.717) is 5.92 Å². The highest BCUT2D eigenvalue weighted by Crippen LogP contribution is 2.52. The number of hydrogen-bond donors (Lipinski definition) is 0. The molecular weight excluding hydrogens is 494 g/mol. The van der Waals surface area contributed by atoms with Gasteiger partial charge in [-0.2, -0.15) is 0 Å². The van der Waals surface area contributed by atoms with E-state index in [1.807, 2.05) is 6.20 Å². The standard InChI is InChI=1S/C40H33N/c1-24(2)17-25-13-14-27-23-41-39(20-28(27)18-25)26-15-16-33-36-21-34-31-11-7-5-9-29(31)30-10-6-8-12-32(30)35(34)22-38(36)40(3,4)37(33)19-26/h5-16,18-24H,17H2,1-4H3. The van der Waals surface area contributed by atoms with Crippen molar-refractivity contribution >= 4 is 43.1 Å². The van der Waals surface area contributed by atoms with Gasteiger partial charge in [0.15, 0.2) is 0 Å². The Labute approximate surface area is 241 Å². The summed E-state index contributed by atoms with van der Waals surface area (Å²) in [5, 5.41) is 10.4. The van der Waals surface area contributed by atoms with Crippen molar-refractivity contribution in [2.24, 2.45) is 5.92 Å². The van der Waals surface area contributed by atoms with Crippen LogP contribution >= 0.6 is 0 Å². The van der Waals surface area contributed by atoms with Gasteiger partial charge >= 0.3 is 0 Å². The number of benzene rings is 6. The molecule has 1 aliphatic carbocycles. The van der Waals surface area contributed by atoms with Crippen LogP contribution in [0.1, 0.15) is 44.4 Å². The highest BCUT2D eigenvalue weighted by molar-refractivity contribution is 6.26. The Kier molecular flexibility index (Phi) is 5.19. The third kappa shape index (κ3) is 3.65. The molecule has 0 radical (unpaired) electrons. The summed E-state index contributed by atoms with van der Waals surface area (Å²) in [7, 11) is 0. The third-order valence-electron chi connectivity index (χ3n) is 9.26. The van der Waals surface area contributed by atoms with E-state index in [1.165, 1.54) is 76.5 Å². The van der Waals surface area contributed by atoms with Crippen molar-refractivity contribution in [3.8, 4) is 22.4 Å². The van der Waals surface area contributed by atoms with Crippen molar-refractivity contribution in [1.29, 1.82) is 0 Å². The highest BCUT2D eigenvalue weighted by Gasteiger charge is 2.36. The Hall–Kier alpha value is -4.49. The van der Waals surface area contributed by atoms with Crippen LogP contribution in [0.3, 0.4) is 0 Å². The van der Waals surface area contributed by atoms with Crippen LogP contribution in [-0.2, 0) is 11.8 Å². The average Bonchev–Trinajstić information content (AvgIpc) is 3.21. The minimum absolute atomic E-state index is 0.108. The fourth-order valence-corrected chi connectivity index (χ4v) is 7.24. The van der Waals surface area contributed by atoms with E-state index in [4.69, 9.17) is 4.98 Å². The number of nitrogens with zero attached hydrogens (tertiary/aromatic N) is 1. The normalized spacial score (nSPS) is 13.9. The van der Waals surface area contributed by atoms with Crippen molar-refractivity contribution in [1.82, 2.24) is 4.98 Å². The molecule has 1 nitrogen and oxygen atoms in total. The first-order valence-corrected chi connectivity index (χ1v) is 14.8. The number of pyridine rings is 1. The van der Waals surface area contributed by atoms with Crippen LogP contribution in [0.25, 0.3) is 65.5 Å². The maximum Gasteiger partial charge on any atom is 0.0708 e. The van der Waals surface area contributed by atoms with E-state index in [1.54, 1.807) is 0 Å². The Morgan fingerprint density at radius 1 is 0.585 bits per heavy atom. The van der Waals surface area contributed by atoms with Crippen LogP contribution in [0.2, 0.25) is 0 Å². The maximum absolute atomic E-state index is 4.90. The van der Waals surface area contributed by atoms with Gasteiger partial charge in [0.1, 0.15) is 0 Å². The molecule has 1 aromatic heterocycles. The molecule has 0 atom stereocenters. The van der Waals surface area contributed by atoms with Gasteiger partial charge in [-0.05, 0) is 102 Å². The Morgan fingerprint density at radius 3 is 1.90 bits per heavy atom. The predicted molar refractivity (Wildman–Crippen MR) is 176 cm³/mol. The van der Waals surface area contributed by atoms with Crippen LogP contribution in [0, 0.1) is 5.92 Å². The molecule has 6 aromatic carbocycles. The number of aromatic nitrogens is 1. The first kappa shape index (κ1) is 24.3. The minimum Gasteiger partial charge on any atom is -0.256 e. The Balaban J connectivity index is 1.31. The second kappa shape index (κ2) is 8.75. The predicted octanol–water partition coefficient (Wildman–Crippen LogP) is 10.9. The molecule has 1 aliphatic rings. The van der Waals surface area contributed by atoms with Crippen LogP contribution in [0.15, 0.2) is 109 Å². The molecule has 8 rings (SSSR count). The summed E-state index contributed by atoms with van der Waals surface area (Å²) in [5.41, 5.74) is 8.98. The van der Waals surface area contributed by atoms with Crippen molar-refractivity contribution in [3.63, 3.8) is 0 Å². The van der Waals surface area contributed by atoms with E-state index in [0.717, 1.165) is 12.1 Å². The highest BCUT2D eigenvalue weighted by atomic mass is 14.7. The molecule has 198 valence electrons. The molecule has 0 saturated heterocycles. The zero-order valence-corrected chi connectivity index (χ0v) is 24.1. The maximum atomic E-state index is 4.90. The lowest BCUT2D eigenvalue weighted by atomic mass is 9.80. The summed E-state index contributed by atoms with van der Waals surface area (Å²) in [5.74, 6) is 0.641. The molecule has 0 unspecified atom stereocenters. The van der Waals surface area contributed by atoms with Crippen molar-refractivity contribution in [3.05, 3.63) is 126 Å². The van der Waals surface area contributed by atoms with Gasteiger partial charge in [0, 0.05) is 22.6 Å². The van der Waals surface area contributed by atoms with Crippen molar-refractivity contribution in [2.75, 3.05) is 0 Å². The third-order valence-corrected chi connectivity index (χ3v) is 9.26. The van der Waals surface area contributed by atoms with E-state index in [9.17, 15) is 0 Å². The first-order chi connectivity index (χ1) is 19.9. The largest absolute Gasteiger partial charge is 0.256 e. The van der Waals surface area contributed by atoms with E-state index in [-0.39, 0.29) is 5.41 Å². The summed E-state index contributed by atoms with van der Waals surface area (Å²) in [6, 6.07) is 38.7. The van der Waals surface area contributed by atoms with Crippen LogP contribution in [0.4, 0.5) is 0 Å². The van der Waals surface area contributed by atoms with Gasteiger partial charge in [-0.15, -0.1) is 0 Å². The summed E-state index contributed by atoms with van der Waals surface area (Å²) in [6.45, 7) is 9.31. The smallest absolute Gasteiger partial charge is 0.0708 e. The number of fused-ring (bicyclic) bond motifs is 10. The fourth-order valence-electron chi connectivity index (χ4n) is 7.24. The molecule has 41 heavy (non-hydrogen) atoms. The van der Waals surface area contributed by atoms with Gasteiger partial charge in [0.25, 0.3) is 0 Å². The molecule has 0 saturated carbocycles. The number of rotatable bonds is 3. The average molecular weight is 528 g/mol. The van der Waals surface area contributed by atoms with Crippen molar-refractivity contribution < 1.29 is 0 Å². The second-order valence-electron chi connectivity index (χ2n) is 12.8. The van der Waals surface area contributed by atoms with Gasteiger partial charge < -0.3 is 0 Å². The first-order valence-electron chi connectivity index (χ1n) is 14.8. The fraction of sp³-hybridized carbons (Fsp3) is 0.175. The Bertz CT molecular complexity index is 2180. The molecule has 0 amide bonds. The van der Waals surface area contributed by atoms with Gasteiger partial charge in [-0.25, -0.2) is 0 Å². The summed E-state index contributed by atoms with van der Waals surface area (Å²) >= 11 is 0. The molecule has 1 heteroatoms. The van der Waals surface area contributed by atoms with E-state index >= 15 is 0 Å². The SMILES string of the molecule is CC(C)Cc1ccc2cnc(-c3ccc4c(c3)C(C)(C)c3cc5c6ccccc6c6ccccc6c5cc3-4)cc2c1. The van der Waals surface area contributed by atoms with Gasteiger partial charge in [0.2, 0.25) is 0 Å². The molecule has 0 aliphatic heterocycles. The molecule has 0 fully saturated rings.